The van der Waals surface area contributed by atoms with Crippen LogP contribution in [0.3, 0.4) is 0 Å². The Morgan fingerprint density at radius 1 is 0.864 bits per heavy atom. The molecule has 0 aliphatic carbocycles. The summed E-state index contributed by atoms with van der Waals surface area (Å²) in [6.45, 7) is 3.14. The van der Waals surface area contributed by atoms with Gasteiger partial charge in [-0.05, 0) is 49.3 Å². The molecule has 0 radical (unpaired) electrons. The van der Waals surface area contributed by atoms with Gasteiger partial charge >= 0.3 is 0 Å². The molecule has 6 amide bonds. The zero-order valence-corrected chi connectivity index (χ0v) is 37.5. The third-order valence-electron chi connectivity index (χ3n) is 11.8. The van der Waals surface area contributed by atoms with E-state index in [0.29, 0.717) is 17.7 Å². The Morgan fingerprint density at radius 3 is 2.32 bits per heavy atom. The van der Waals surface area contributed by atoms with E-state index in [1.807, 2.05) is 31.2 Å². The molecule has 18 nitrogen and oxygen atoms in total. The number of ketones is 3. The van der Waals surface area contributed by atoms with E-state index >= 15 is 0 Å². The molecule has 6 atom stereocenters. The van der Waals surface area contributed by atoms with Crippen molar-refractivity contribution in [3.8, 4) is 0 Å². The van der Waals surface area contributed by atoms with E-state index in [4.69, 9.17) is 5.73 Å². The number of imidazole rings is 1. The van der Waals surface area contributed by atoms with Crippen molar-refractivity contribution < 1.29 is 43.2 Å². The number of aromatic amines is 2. The van der Waals surface area contributed by atoms with Crippen LogP contribution in [-0.4, -0.2) is 98.5 Å². The highest BCUT2D eigenvalue weighted by atomic mass is 16.2. The molecule has 1 fully saturated rings. The number of carbonyl (C=O) groups excluding carboxylic acids is 9. The summed E-state index contributed by atoms with van der Waals surface area (Å²) in [7, 11) is 0. The fraction of sp³-hybridized carbons (Fsp3) is 0.458. The molecule has 1 saturated heterocycles. The first kappa shape index (κ1) is 50.0. The lowest BCUT2D eigenvalue weighted by Crippen LogP contribution is -2.58. The number of benzene rings is 2. The minimum Gasteiger partial charge on any atom is -0.369 e. The Morgan fingerprint density at radius 2 is 1.61 bits per heavy atom. The van der Waals surface area contributed by atoms with Crippen LogP contribution in [0.15, 0.2) is 73.3 Å². The van der Waals surface area contributed by atoms with Crippen molar-refractivity contribution in [2.24, 2.45) is 17.6 Å². The smallest absolute Gasteiger partial charge is 0.243 e. The van der Waals surface area contributed by atoms with E-state index in [1.165, 1.54) is 19.4 Å². The van der Waals surface area contributed by atoms with E-state index in [1.54, 1.807) is 36.5 Å². The van der Waals surface area contributed by atoms with Gasteiger partial charge in [-0.2, -0.15) is 0 Å². The van der Waals surface area contributed by atoms with Crippen molar-refractivity contribution in [2.45, 2.75) is 121 Å². The van der Waals surface area contributed by atoms with E-state index in [-0.39, 0.29) is 77.2 Å². The average molecular weight is 908 g/mol. The monoisotopic (exact) mass is 907 g/mol. The van der Waals surface area contributed by atoms with E-state index in [0.717, 1.165) is 22.9 Å². The maximum atomic E-state index is 14.2. The summed E-state index contributed by atoms with van der Waals surface area (Å²) >= 11 is 0. The quantitative estimate of drug-likeness (QED) is 0.0813. The number of Topliss-reactive ketones (excluding diaryl/α,β-unsaturated/α-hetero) is 3. The van der Waals surface area contributed by atoms with Gasteiger partial charge in [0.25, 0.3) is 0 Å². The number of H-pyrrole nitrogens is 2. The first-order valence-corrected chi connectivity index (χ1v) is 22.6. The first-order chi connectivity index (χ1) is 31.7. The number of hydrogen-bond donors (Lipinski definition) is 8. The SMILES string of the molecule is CCCC[C@H](NC(C)=O)C(=O)N[C@H]1CCC(=O)NCC[C@@H](C(=O)C[C@@H](Cc2c[nH]c3ccccc23)C(N)=O)CC(=O)CCC(=O)[C@@H](Cc2ccccc2)NC(=O)[C@H](Cc2cnc[nH]2)NC1=O. The Balaban J connectivity index is 1.43. The largest absolute Gasteiger partial charge is 0.369 e. The number of carbonyl (C=O) groups is 9. The first-order valence-electron chi connectivity index (χ1n) is 22.6. The van der Waals surface area contributed by atoms with Crippen LogP contribution in [0.2, 0.25) is 0 Å². The van der Waals surface area contributed by atoms with Gasteiger partial charge in [0, 0.05) is 92.8 Å². The highest BCUT2D eigenvalue weighted by Crippen LogP contribution is 2.25. The average Bonchev–Trinajstić information content (AvgIpc) is 3.97. The normalized spacial score (nSPS) is 20.4. The van der Waals surface area contributed by atoms with Crippen molar-refractivity contribution in [1.29, 1.82) is 0 Å². The molecular formula is C48H61N9O9. The van der Waals surface area contributed by atoms with Crippen molar-refractivity contribution in [3.05, 3.63) is 90.1 Å². The number of aromatic nitrogens is 3. The summed E-state index contributed by atoms with van der Waals surface area (Å²) in [4.78, 5) is 132. The van der Waals surface area contributed by atoms with Gasteiger partial charge in [-0.3, -0.25) is 43.2 Å². The van der Waals surface area contributed by atoms with Crippen LogP contribution >= 0.6 is 0 Å². The molecule has 4 aromatic rings. The molecule has 1 aliphatic rings. The number of amides is 6. The minimum atomic E-state index is -1.36. The molecule has 9 N–H and O–H groups in total. The van der Waals surface area contributed by atoms with Crippen LogP contribution in [0.4, 0.5) is 0 Å². The molecule has 66 heavy (non-hydrogen) atoms. The van der Waals surface area contributed by atoms with Gasteiger partial charge in [0.15, 0.2) is 5.78 Å². The van der Waals surface area contributed by atoms with Crippen LogP contribution in [0.5, 0.6) is 0 Å². The van der Waals surface area contributed by atoms with Gasteiger partial charge in [-0.1, -0.05) is 68.3 Å². The lowest BCUT2D eigenvalue weighted by molar-refractivity contribution is -0.134. The third-order valence-corrected chi connectivity index (χ3v) is 11.8. The van der Waals surface area contributed by atoms with Crippen LogP contribution in [0, 0.1) is 11.8 Å². The Kier molecular flexibility index (Phi) is 18.9. The molecule has 3 heterocycles. The standard InChI is InChI=1S/C48H61N9O9/c1-3-4-13-38(54-29(2)58)46(64)55-39-16-18-44(62)51-20-19-31(43(61)24-32(45(49)63)22-33-26-52-37-14-9-8-12-36(33)37)23-35(59)15-17-42(60)40(21-30-10-6-5-7-11-30)56-48(66)41(57-47(39)65)25-34-27-50-28-53-34/h5-12,14,26-28,31-32,38-41,52H,3-4,13,15-25H2,1-2H3,(H2,49,63)(H,50,53)(H,51,62)(H,54,58)(H,55,64)(H,56,66)(H,57,65)/t31-,32-,38+,39+,40-,41+/m1/s1. The summed E-state index contributed by atoms with van der Waals surface area (Å²) < 4.78 is 0. The molecule has 18 heteroatoms. The highest BCUT2D eigenvalue weighted by Gasteiger charge is 2.33. The second-order valence-corrected chi connectivity index (χ2v) is 17.0. The van der Waals surface area contributed by atoms with Crippen LogP contribution in [0.1, 0.15) is 94.9 Å². The number of fused-ring (bicyclic) bond motifs is 1. The summed E-state index contributed by atoms with van der Waals surface area (Å²) in [6, 6.07) is 11.7. The number of rotatable bonds is 16. The summed E-state index contributed by atoms with van der Waals surface area (Å²) in [5.74, 6) is -6.99. The second kappa shape index (κ2) is 24.9. The summed E-state index contributed by atoms with van der Waals surface area (Å²) in [6.07, 6.45) is 4.80. The van der Waals surface area contributed by atoms with Crippen molar-refractivity contribution in [1.82, 2.24) is 41.5 Å². The summed E-state index contributed by atoms with van der Waals surface area (Å²) in [5.41, 5.74) is 8.67. The van der Waals surface area contributed by atoms with Crippen LogP contribution in [0.25, 0.3) is 10.9 Å². The molecule has 2 aromatic carbocycles. The third kappa shape index (κ3) is 15.3. The van der Waals surface area contributed by atoms with Crippen LogP contribution in [-0.2, 0) is 62.4 Å². The number of nitrogens with zero attached hydrogens (tertiary/aromatic N) is 1. The maximum Gasteiger partial charge on any atom is 0.243 e. The van der Waals surface area contributed by atoms with Gasteiger partial charge in [0.2, 0.25) is 35.4 Å². The zero-order chi connectivity index (χ0) is 47.6. The number of nitrogens with one attached hydrogen (secondary N) is 7. The molecule has 0 spiro atoms. The number of para-hydroxylation sites is 1. The van der Waals surface area contributed by atoms with Crippen LogP contribution < -0.4 is 32.3 Å². The molecule has 352 valence electrons. The highest BCUT2D eigenvalue weighted by molar-refractivity contribution is 5.97. The lowest BCUT2D eigenvalue weighted by Gasteiger charge is -2.26. The van der Waals surface area contributed by atoms with Gasteiger partial charge in [0.05, 0.1) is 12.4 Å². The summed E-state index contributed by atoms with van der Waals surface area (Å²) in [5, 5.41) is 14.4. The number of hydrogen-bond acceptors (Lipinski definition) is 10. The molecule has 0 saturated carbocycles. The Labute approximate surface area is 383 Å². The van der Waals surface area contributed by atoms with Gasteiger partial charge in [-0.25, -0.2) is 4.98 Å². The van der Waals surface area contributed by atoms with Crippen molar-refractivity contribution in [3.63, 3.8) is 0 Å². The topological polar surface area (TPSA) is 284 Å². The van der Waals surface area contributed by atoms with E-state index < -0.39 is 88.8 Å². The fourth-order valence-corrected chi connectivity index (χ4v) is 8.12. The van der Waals surface area contributed by atoms with E-state index in [2.05, 4.69) is 41.5 Å². The predicted octanol–water partition coefficient (Wildman–Crippen LogP) is 2.35. The number of primary amides is 1. The second-order valence-electron chi connectivity index (χ2n) is 17.0. The fourth-order valence-electron chi connectivity index (χ4n) is 8.12. The predicted molar refractivity (Wildman–Crippen MR) is 244 cm³/mol. The van der Waals surface area contributed by atoms with Crippen molar-refractivity contribution >= 4 is 63.7 Å². The zero-order valence-electron chi connectivity index (χ0n) is 37.5. The molecule has 2 aromatic heterocycles. The van der Waals surface area contributed by atoms with E-state index in [9.17, 15) is 43.2 Å². The molecule has 5 rings (SSSR count). The minimum absolute atomic E-state index is 0.0152. The number of unbranched alkanes of at least 4 members (excludes halogenated alkanes) is 1. The molecule has 1 aliphatic heterocycles. The Bertz CT molecular complexity index is 2330. The van der Waals surface area contributed by atoms with Gasteiger partial charge < -0.3 is 42.3 Å². The molecule has 0 unspecified atom stereocenters. The number of nitrogens with two attached hydrogens (primary N) is 1. The lowest BCUT2D eigenvalue weighted by atomic mass is 9.85. The van der Waals surface area contributed by atoms with Gasteiger partial charge in [0.1, 0.15) is 29.7 Å². The molecule has 0 bridgehead atoms. The van der Waals surface area contributed by atoms with Gasteiger partial charge in [-0.15, -0.1) is 0 Å². The Hall–Kier alpha value is -6.98. The van der Waals surface area contributed by atoms with Crippen molar-refractivity contribution in [2.75, 3.05) is 6.54 Å². The maximum absolute atomic E-state index is 14.2. The molecular weight excluding hydrogens is 847 g/mol.